The first kappa shape index (κ1) is 13.9. The SMILES string of the molecule is Nc1cc(F)c(Br)cc1N[C@@H]1CCCN(C(=O)O)C1. The zero-order valence-corrected chi connectivity index (χ0v) is 11.8. The van der Waals surface area contributed by atoms with Crippen LogP contribution in [0, 0.1) is 5.82 Å². The third kappa shape index (κ3) is 3.28. The van der Waals surface area contributed by atoms with Gasteiger partial charge in [-0.25, -0.2) is 9.18 Å². The molecule has 0 aliphatic carbocycles. The maximum absolute atomic E-state index is 13.3. The summed E-state index contributed by atoms with van der Waals surface area (Å²) in [5.41, 5.74) is 6.68. The zero-order valence-electron chi connectivity index (χ0n) is 10.2. The summed E-state index contributed by atoms with van der Waals surface area (Å²) >= 11 is 3.11. The summed E-state index contributed by atoms with van der Waals surface area (Å²) < 4.78 is 13.6. The van der Waals surface area contributed by atoms with E-state index >= 15 is 0 Å². The van der Waals surface area contributed by atoms with Gasteiger partial charge in [0.1, 0.15) is 5.82 Å². The van der Waals surface area contributed by atoms with Crippen LogP contribution in [-0.4, -0.2) is 35.2 Å². The van der Waals surface area contributed by atoms with E-state index in [4.69, 9.17) is 10.8 Å². The van der Waals surface area contributed by atoms with Crippen molar-refractivity contribution in [2.75, 3.05) is 24.1 Å². The number of hydrogen-bond donors (Lipinski definition) is 3. The van der Waals surface area contributed by atoms with Crippen molar-refractivity contribution >= 4 is 33.4 Å². The summed E-state index contributed by atoms with van der Waals surface area (Å²) in [7, 11) is 0. The van der Waals surface area contributed by atoms with Gasteiger partial charge in [-0.2, -0.15) is 0 Å². The van der Waals surface area contributed by atoms with Gasteiger partial charge in [-0.05, 0) is 34.8 Å². The highest BCUT2D eigenvalue weighted by molar-refractivity contribution is 9.10. The summed E-state index contributed by atoms with van der Waals surface area (Å²) in [5, 5.41) is 12.1. The van der Waals surface area contributed by atoms with Crippen LogP contribution in [0.1, 0.15) is 12.8 Å². The fourth-order valence-corrected chi connectivity index (χ4v) is 2.52. The molecule has 0 unspecified atom stereocenters. The molecule has 0 saturated carbocycles. The molecule has 0 spiro atoms. The van der Waals surface area contributed by atoms with Gasteiger partial charge >= 0.3 is 6.09 Å². The number of halogens is 2. The van der Waals surface area contributed by atoms with Crippen molar-refractivity contribution in [1.29, 1.82) is 0 Å². The third-order valence-corrected chi connectivity index (χ3v) is 3.75. The Bertz CT molecular complexity index is 498. The lowest BCUT2D eigenvalue weighted by Crippen LogP contribution is -2.44. The van der Waals surface area contributed by atoms with Crippen molar-refractivity contribution in [3.63, 3.8) is 0 Å². The molecule has 1 fully saturated rings. The second kappa shape index (κ2) is 5.64. The number of rotatable bonds is 2. The number of nitrogens with zero attached hydrogens (tertiary/aromatic N) is 1. The maximum Gasteiger partial charge on any atom is 0.407 e. The number of likely N-dealkylation sites (tertiary alicyclic amines) is 1. The van der Waals surface area contributed by atoms with Crippen LogP contribution in [0.2, 0.25) is 0 Å². The number of nitrogen functional groups attached to an aromatic ring is 1. The van der Waals surface area contributed by atoms with Crippen LogP contribution in [0.25, 0.3) is 0 Å². The molecule has 7 heteroatoms. The minimum atomic E-state index is -0.917. The number of benzene rings is 1. The topological polar surface area (TPSA) is 78.6 Å². The Balaban J connectivity index is 2.08. The van der Waals surface area contributed by atoms with Crippen molar-refractivity contribution in [1.82, 2.24) is 4.90 Å². The smallest absolute Gasteiger partial charge is 0.407 e. The van der Waals surface area contributed by atoms with Gasteiger partial charge in [0.05, 0.1) is 15.8 Å². The van der Waals surface area contributed by atoms with Crippen molar-refractivity contribution in [3.05, 3.63) is 22.4 Å². The van der Waals surface area contributed by atoms with E-state index in [1.807, 2.05) is 0 Å². The second-order valence-corrected chi connectivity index (χ2v) is 5.42. The molecule has 104 valence electrons. The third-order valence-electron chi connectivity index (χ3n) is 3.14. The first-order valence-electron chi connectivity index (χ1n) is 5.96. The molecular formula is C12H15BrFN3O2. The first-order chi connectivity index (χ1) is 8.97. The molecule has 2 rings (SSSR count). The van der Waals surface area contributed by atoms with E-state index in [-0.39, 0.29) is 6.04 Å². The molecule has 1 aliphatic rings. The molecule has 0 radical (unpaired) electrons. The summed E-state index contributed by atoms with van der Waals surface area (Å²) in [6, 6.07) is 2.80. The number of piperidine rings is 1. The van der Waals surface area contributed by atoms with E-state index < -0.39 is 11.9 Å². The quantitative estimate of drug-likeness (QED) is 0.728. The zero-order chi connectivity index (χ0) is 14.0. The number of anilines is 2. The predicted molar refractivity (Wildman–Crippen MR) is 74.8 cm³/mol. The first-order valence-corrected chi connectivity index (χ1v) is 6.75. The Labute approximate surface area is 118 Å². The molecule has 0 bridgehead atoms. The van der Waals surface area contributed by atoms with Crippen LogP contribution in [0.15, 0.2) is 16.6 Å². The van der Waals surface area contributed by atoms with Crippen LogP contribution < -0.4 is 11.1 Å². The number of hydrogen-bond acceptors (Lipinski definition) is 3. The molecule has 4 N–H and O–H groups in total. The van der Waals surface area contributed by atoms with Gasteiger partial charge in [0, 0.05) is 25.2 Å². The molecule has 1 aliphatic heterocycles. The van der Waals surface area contributed by atoms with Gasteiger partial charge in [-0.15, -0.1) is 0 Å². The minimum absolute atomic E-state index is 0.00971. The van der Waals surface area contributed by atoms with Gasteiger partial charge in [-0.1, -0.05) is 0 Å². The Morgan fingerprint density at radius 2 is 2.32 bits per heavy atom. The molecule has 0 aromatic heterocycles. The molecule has 5 nitrogen and oxygen atoms in total. The standard InChI is InChI=1S/C12H15BrFN3O2/c13-8-4-11(10(15)5-9(8)14)16-7-2-1-3-17(6-7)12(18)19/h4-5,7,16H,1-3,6,15H2,(H,18,19)/t7-/m1/s1. The minimum Gasteiger partial charge on any atom is -0.465 e. The van der Waals surface area contributed by atoms with Crippen molar-refractivity contribution < 1.29 is 14.3 Å². The lowest BCUT2D eigenvalue weighted by molar-refractivity contribution is 0.133. The summed E-state index contributed by atoms with van der Waals surface area (Å²) in [6.45, 7) is 0.958. The van der Waals surface area contributed by atoms with E-state index in [1.54, 1.807) is 6.07 Å². The maximum atomic E-state index is 13.3. The number of amides is 1. The Morgan fingerprint density at radius 3 is 3.00 bits per heavy atom. The number of nitrogens with two attached hydrogens (primary N) is 1. The van der Waals surface area contributed by atoms with Crippen LogP contribution in [0.5, 0.6) is 0 Å². The summed E-state index contributed by atoms with van der Waals surface area (Å²) in [6.07, 6.45) is 0.740. The predicted octanol–water partition coefficient (Wildman–Crippen LogP) is 2.72. The fourth-order valence-electron chi connectivity index (χ4n) is 2.18. The van der Waals surface area contributed by atoms with Crippen LogP contribution in [0.4, 0.5) is 20.6 Å². The molecule has 19 heavy (non-hydrogen) atoms. The van der Waals surface area contributed by atoms with Crippen LogP contribution >= 0.6 is 15.9 Å². The van der Waals surface area contributed by atoms with Gasteiger partial charge in [0.25, 0.3) is 0 Å². The molecular weight excluding hydrogens is 317 g/mol. The van der Waals surface area contributed by atoms with Crippen molar-refractivity contribution in [2.45, 2.75) is 18.9 Å². The largest absolute Gasteiger partial charge is 0.465 e. The number of carbonyl (C=O) groups is 1. The molecule has 1 saturated heterocycles. The average Bonchev–Trinajstić information content (AvgIpc) is 2.36. The van der Waals surface area contributed by atoms with Crippen molar-refractivity contribution in [3.8, 4) is 0 Å². The van der Waals surface area contributed by atoms with Gasteiger partial charge in [0.2, 0.25) is 0 Å². The fraction of sp³-hybridized carbons (Fsp3) is 0.417. The van der Waals surface area contributed by atoms with E-state index in [0.29, 0.717) is 28.9 Å². The number of carboxylic acid groups (broad SMARTS) is 1. The van der Waals surface area contributed by atoms with Gasteiger partial charge < -0.3 is 21.1 Å². The van der Waals surface area contributed by atoms with Gasteiger partial charge in [0.15, 0.2) is 0 Å². The highest BCUT2D eigenvalue weighted by Crippen LogP contribution is 2.28. The lowest BCUT2D eigenvalue weighted by atomic mass is 10.1. The summed E-state index contributed by atoms with van der Waals surface area (Å²) in [5.74, 6) is -0.418. The number of nitrogens with one attached hydrogen (secondary N) is 1. The average molecular weight is 332 g/mol. The van der Waals surface area contributed by atoms with E-state index in [1.165, 1.54) is 11.0 Å². The molecule has 1 atom stereocenters. The Hall–Kier alpha value is -1.50. The monoisotopic (exact) mass is 331 g/mol. The normalized spacial score (nSPS) is 19.3. The van der Waals surface area contributed by atoms with Crippen LogP contribution in [-0.2, 0) is 0 Å². The highest BCUT2D eigenvalue weighted by Gasteiger charge is 2.23. The highest BCUT2D eigenvalue weighted by atomic mass is 79.9. The Morgan fingerprint density at radius 1 is 1.58 bits per heavy atom. The second-order valence-electron chi connectivity index (χ2n) is 4.57. The van der Waals surface area contributed by atoms with E-state index in [0.717, 1.165) is 12.8 Å². The van der Waals surface area contributed by atoms with Crippen molar-refractivity contribution in [2.24, 2.45) is 0 Å². The summed E-state index contributed by atoms with van der Waals surface area (Å²) in [4.78, 5) is 12.3. The van der Waals surface area contributed by atoms with E-state index in [9.17, 15) is 9.18 Å². The molecule has 1 aromatic rings. The van der Waals surface area contributed by atoms with E-state index in [2.05, 4.69) is 21.2 Å². The lowest BCUT2D eigenvalue weighted by Gasteiger charge is -2.32. The van der Waals surface area contributed by atoms with Crippen LogP contribution in [0.3, 0.4) is 0 Å². The van der Waals surface area contributed by atoms with Gasteiger partial charge in [-0.3, -0.25) is 0 Å². The Kier molecular flexibility index (Phi) is 4.14. The molecule has 1 heterocycles. The molecule has 1 amide bonds. The molecule has 1 aromatic carbocycles.